The number of nitrogens with one attached hydrogen (secondary N) is 1. The minimum Gasteiger partial charge on any atom is -0.452 e. The molecular weight excluding hydrogens is 411 g/mol. The number of aromatic nitrogens is 1. The van der Waals surface area contributed by atoms with Crippen molar-refractivity contribution in [3.8, 4) is 0 Å². The number of ether oxygens (including phenoxy) is 1. The average Bonchev–Trinajstić information content (AvgIpc) is 2.69. The van der Waals surface area contributed by atoms with Crippen LogP contribution < -0.4 is 5.32 Å². The number of esters is 1. The highest BCUT2D eigenvalue weighted by atomic mass is 35.5. The first kappa shape index (κ1) is 19.7. The quantitative estimate of drug-likeness (QED) is 0.578. The van der Waals surface area contributed by atoms with Gasteiger partial charge in [-0.15, -0.1) is 0 Å². The van der Waals surface area contributed by atoms with Gasteiger partial charge < -0.3 is 10.1 Å². The number of anilines is 1. The smallest absolute Gasteiger partial charge is 0.339 e. The van der Waals surface area contributed by atoms with Crippen LogP contribution in [0.2, 0.25) is 10.0 Å². The van der Waals surface area contributed by atoms with E-state index in [-0.39, 0.29) is 0 Å². The first-order valence-corrected chi connectivity index (χ1v) is 10.1. The van der Waals surface area contributed by atoms with E-state index in [1.165, 1.54) is 0 Å². The van der Waals surface area contributed by atoms with Crippen LogP contribution in [0.4, 0.5) is 5.69 Å². The third kappa shape index (κ3) is 4.36. The number of halogens is 2. The van der Waals surface area contributed by atoms with Crippen LogP contribution in [0.1, 0.15) is 34.5 Å². The van der Waals surface area contributed by atoms with Gasteiger partial charge in [0.25, 0.3) is 5.91 Å². The number of rotatable bonds is 4. The Morgan fingerprint density at radius 2 is 1.76 bits per heavy atom. The number of amides is 1. The Labute approximate surface area is 178 Å². The van der Waals surface area contributed by atoms with Crippen LogP contribution in [0.5, 0.6) is 0 Å². The highest BCUT2D eigenvalue weighted by molar-refractivity contribution is 6.35. The minimum atomic E-state index is -0.513. The van der Waals surface area contributed by atoms with E-state index in [1.54, 1.807) is 18.2 Å². The zero-order valence-corrected chi connectivity index (χ0v) is 17.0. The fourth-order valence-electron chi connectivity index (χ4n) is 3.63. The topological polar surface area (TPSA) is 68.3 Å². The van der Waals surface area contributed by atoms with E-state index in [2.05, 4.69) is 5.32 Å². The maximum Gasteiger partial charge on any atom is 0.339 e. The maximum atomic E-state index is 12.9. The molecule has 0 saturated heterocycles. The van der Waals surface area contributed by atoms with E-state index in [9.17, 15) is 9.59 Å². The second-order valence-corrected chi connectivity index (χ2v) is 7.79. The number of fused-ring (bicyclic) bond motifs is 2. The number of hydrogen-bond acceptors (Lipinski definition) is 4. The number of carbonyl (C=O) groups excluding carboxylic acids is 2. The van der Waals surface area contributed by atoms with Crippen molar-refractivity contribution in [1.29, 1.82) is 0 Å². The number of aryl methyl sites for hydroxylation is 1. The molecule has 0 saturated carbocycles. The lowest BCUT2D eigenvalue weighted by Gasteiger charge is -2.19. The summed E-state index contributed by atoms with van der Waals surface area (Å²) in [6, 6.07) is 12.2. The number of benzene rings is 2. The summed E-state index contributed by atoms with van der Waals surface area (Å²) in [6.45, 7) is -0.408. The van der Waals surface area contributed by atoms with Crippen LogP contribution in [0, 0.1) is 0 Å². The van der Waals surface area contributed by atoms with Crippen LogP contribution in [0.15, 0.2) is 42.5 Å². The molecular formula is C22H18Cl2N2O3. The van der Waals surface area contributed by atoms with Gasteiger partial charge in [-0.2, -0.15) is 0 Å². The Kier molecular flexibility index (Phi) is 5.69. The van der Waals surface area contributed by atoms with Crippen LogP contribution in [0.25, 0.3) is 10.9 Å². The van der Waals surface area contributed by atoms with E-state index >= 15 is 0 Å². The number of hydrogen-bond donors (Lipinski definition) is 1. The molecule has 0 atom stereocenters. The van der Waals surface area contributed by atoms with Gasteiger partial charge in [-0.1, -0.05) is 41.4 Å². The first-order valence-electron chi connectivity index (χ1n) is 9.35. The average molecular weight is 429 g/mol. The molecule has 0 spiro atoms. The summed E-state index contributed by atoms with van der Waals surface area (Å²) in [5.41, 5.74) is 3.60. The highest BCUT2D eigenvalue weighted by Crippen LogP contribution is 2.30. The lowest BCUT2D eigenvalue weighted by Crippen LogP contribution is -2.22. The minimum absolute atomic E-state index is 0.402. The molecule has 1 N–H and O–H groups in total. The number of nitrogens with zero attached hydrogens (tertiary/aromatic N) is 1. The molecule has 0 fully saturated rings. The Balaban J connectivity index is 1.54. The Morgan fingerprint density at radius 3 is 2.55 bits per heavy atom. The highest BCUT2D eigenvalue weighted by Gasteiger charge is 2.24. The fourth-order valence-corrected chi connectivity index (χ4v) is 4.16. The summed E-state index contributed by atoms with van der Waals surface area (Å²) in [5, 5.41) is 4.19. The molecule has 7 heteroatoms. The molecule has 0 unspecified atom stereocenters. The molecule has 1 aromatic heterocycles. The monoisotopic (exact) mass is 428 g/mol. The summed E-state index contributed by atoms with van der Waals surface area (Å²) in [7, 11) is 0. The molecule has 29 heavy (non-hydrogen) atoms. The van der Waals surface area contributed by atoms with Crippen LogP contribution in [-0.2, 0) is 22.4 Å². The standard InChI is InChI=1S/C22H18Cl2N2O3/c23-13-9-14(24)11-15(10-13)25-20(27)12-29-22(28)21-16-5-1-3-7-18(16)26-19-8-4-2-6-17(19)21/h1,3,5,7,9-11H,2,4,6,8,12H2,(H,25,27). The summed E-state index contributed by atoms with van der Waals surface area (Å²) in [6.07, 6.45) is 3.68. The third-order valence-electron chi connectivity index (χ3n) is 4.85. The molecule has 1 heterocycles. The lowest BCUT2D eigenvalue weighted by atomic mass is 9.90. The van der Waals surface area contributed by atoms with Gasteiger partial charge in [-0.3, -0.25) is 9.78 Å². The Hall–Kier alpha value is -2.63. The maximum absolute atomic E-state index is 12.9. The van der Waals surface area contributed by atoms with Crippen LogP contribution in [0.3, 0.4) is 0 Å². The van der Waals surface area contributed by atoms with E-state index < -0.39 is 18.5 Å². The normalized spacial score (nSPS) is 13.0. The molecule has 4 rings (SSSR count). The molecule has 5 nitrogen and oxygen atoms in total. The van der Waals surface area contributed by atoms with Gasteiger partial charge in [0.2, 0.25) is 0 Å². The van der Waals surface area contributed by atoms with Gasteiger partial charge in [0, 0.05) is 26.8 Å². The van der Waals surface area contributed by atoms with Gasteiger partial charge in [-0.05, 0) is 55.5 Å². The molecule has 1 aliphatic rings. The van der Waals surface area contributed by atoms with E-state index in [1.807, 2.05) is 24.3 Å². The Bertz CT molecular complexity index is 1090. The van der Waals surface area contributed by atoms with Gasteiger partial charge >= 0.3 is 5.97 Å². The summed E-state index contributed by atoms with van der Waals surface area (Å²) >= 11 is 11.9. The van der Waals surface area contributed by atoms with E-state index in [0.717, 1.165) is 47.8 Å². The second-order valence-electron chi connectivity index (χ2n) is 6.92. The molecule has 0 radical (unpaired) electrons. The lowest BCUT2D eigenvalue weighted by molar-refractivity contribution is -0.119. The van der Waals surface area contributed by atoms with Crippen LogP contribution >= 0.6 is 23.2 Å². The molecule has 3 aromatic rings. The zero-order chi connectivity index (χ0) is 20.4. The van der Waals surface area contributed by atoms with E-state index in [0.29, 0.717) is 21.3 Å². The van der Waals surface area contributed by atoms with Crippen molar-refractivity contribution in [3.05, 3.63) is 69.3 Å². The summed E-state index contributed by atoms with van der Waals surface area (Å²) in [5.74, 6) is -0.982. The predicted molar refractivity (Wildman–Crippen MR) is 114 cm³/mol. The second kappa shape index (κ2) is 8.39. The molecule has 0 bridgehead atoms. The third-order valence-corrected chi connectivity index (χ3v) is 5.29. The van der Waals surface area contributed by atoms with E-state index in [4.69, 9.17) is 32.9 Å². The fraction of sp³-hybridized carbons (Fsp3) is 0.227. The SMILES string of the molecule is O=C(COC(=O)c1c2c(nc3ccccc13)CCCC2)Nc1cc(Cl)cc(Cl)c1. The molecule has 1 amide bonds. The zero-order valence-electron chi connectivity index (χ0n) is 15.5. The van der Waals surface area contributed by atoms with Crippen LogP contribution in [-0.4, -0.2) is 23.5 Å². The number of pyridine rings is 1. The molecule has 0 aliphatic heterocycles. The van der Waals surface area contributed by atoms with Crippen molar-refractivity contribution in [3.63, 3.8) is 0 Å². The summed E-state index contributed by atoms with van der Waals surface area (Å²) < 4.78 is 5.35. The van der Waals surface area contributed by atoms with Crippen molar-refractivity contribution in [2.45, 2.75) is 25.7 Å². The predicted octanol–water partition coefficient (Wildman–Crippen LogP) is 5.22. The first-order chi connectivity index (χ1) is 14.0. The van der Waals surface area contributed by atoms with Gasteiger partial charge in [0.05, 0.1) is 11.1 Å². The summed E-state index contributed by atoms with van der Waals surface area (Å²) in [4.78, 5) is 29.9. The van der Waals surface area contributed by atoms with Crippen molar-refractivity contribution < 1.29 is 14.3 Å². The molecule has 148 valence electrons. The van der Waals surface area contributed by atoms with Crippen molar-refractivity contribution in [2.75, 3.05) is 11.9 Å². The van der Waals surface area contributed by atoms with Gasteiger partial charge in [-0.25, -0.2) is 4.79 Å². The number of carbonyl (C=O) groups is 2. The Morgan fingerprint density at radius 1 is 1.03 bits per heavy atom. The van der Waals surface area contributed by atoms with Crippen molar-refractivity contribution >= 4 is 51.7 Å². The van der Waals surface area contributed by atoms with Gasteiger partial charge in [0.1, 0.15) is 0 Å². The van der Waals surface area contributed by atoms with Crippen molar-refractivity contribution in [2.24, 2.45) is 0 Å². The largest absolute Gasteiger partial charge is 0.452 e. The van der Waals surface area contributed by atoms with Gasteiger partial charge in [0.15, 0.2) is 6.61 Å². The molecule has 1 aliphatic carbocycles. The molecule has 2 aromatic carbocycles. The number of para-hydroxylation sites is 1. The van der Waals surface area contributed by atoms with Crippen molar-refractivity contribution in [1.82, 2.24) is 4.98 Å².